The van der Waals surface area contributed by atoms with E-state index in [1.54, 1.807) is 35.5 Å². The van der Waals surface area contributed by atoms with E-state index in [2.05, 4.69) is 26.2 Å². The molecule has 12 heteroatoms. The number of carbonyl (C=O) groups excluding carboxylic acids is 1. The van der Waals surface area contributed by atoms with E-state index in [4.69, 9.17) is 14.5 Å². The first-order valence-electron chi connectivity index (χ1n) is 10.5. The Bertz CT molecular complexity index is 1140. The molecule has 34 heavy (non-hydrogen) atoms. The van der Waals surface area contributed by atoms with Crippen molar-refractivity contribution < 1.29 is 28.6 Å². The molecule has 1 aromatic heterocycles. The highest BCUT2D eigenvalue weighted by molar-refractivity contribution is 9.10. The number of hydrogen-bond acceptors (Lipinski definition) is 9. The van der Waals surface area contributed by atoms with Crippen molar-refractivity contribution in [2.45, 2.75) is 19.0 Å². The lowest BCUT2D eigenvalue weighted by atomic mass is 9.95. The number of halogens is 2. The van der Waals surface area contributed by atoms with Crippen LogP contribution in [0.25, 0.3) is 0 Å². The zero-order valence-electron chi connectivity index (χ0n) is 18.2. The number of nitrogens with zero attached hydrogens (tertiary/aromatic N) is 3. The topological polar surface area (TPSA) is 113 Å². The van der Waals surface area contributed by atoms with E-state index >= 15 is 0 Å². The Hall–Kier alpha value is -2.67. The van der Waals surface area contributed by atoms with E-state index in [1.807, 2.05) is 0 Å². The van der Waals surface area contributed by atoms with Gasteiger partial charge in [0.15, 0.2) is 10.8 Å². The van der Waals surface area contributed by atoms with Crippen LogP contribution in [0.2, 0.25) is 0 Å². The second kappa shape index (κ2) is 10.7. The highest BCUT2D eigenvalue weighted by atomic mass is 79.9. The second-order valence-corrected chi connectivity index (χ2v) is 9.28. The first kappa shape index (κ1) is 24.5. The summed E-state index contributed by atoms with van der Waals surface area (Å²) in [6, 6.07) is 2.79. The molecule has 0 bridgehead atoms. The third-order valence-electron chi connectivity index (χ3n) is 5.40. The number of carbonyl (C=O) groups is 2. The van der Waals surface area contributed by atoms with E-state index in [-0.39, 0.29) is 29.8 Å². The number of rotatable bonds is 7. The van der Waals surface area contributed by atoms with Gasteiger partial charge in [-0.2, -0.15) is 0 Å². The van der Waals surface area contributed by atoms with Crippen molar-refractivity contribution in [1.82, 2.24) is 15.2 Å². The zero-order valence-corrected chi connectivity index (χ0v) is 20.6. The van der Waals surface area contributed by atoms with E-state index in [0.29, 0.717) is 35.3 Å². The molecule has 180 valence electrons. The van der Waals surface area contributed by atoms with Crippen LogP contribution < -0.4 is 5.32 Å². The highest BCUT2D eigenvalue weighted by Crippen LogP contribution is 2.34. The van der Waals surface area contributed by atoms with E-state index < -0.39 is 29.8 Å². The summed E-state index contributed by atoms with van der Waals surface area (Å²) in [5.74, 6) is -1.72. The quantitative estimate of drug-likeness (QED) is 0.504. The summed E-state index contributed by atoms with van der Waals surface area (Å²) in [4.78, 5) is 35.7. The number of morpholine rings is 1. The molecule has 2 atom stereocenters. The van der Waals surface area contributed by atoms with Gasteiger partial charge in [-0.05, 0) is 40.5 Å². The molecule has 2 aliphatic rings. The van der Waals surface area contributed by atoms with E-state index in [9.17, 15) is 19.1 Å². The molecule has 0 amide bonds. The molecule has 0 saturated carbocycles. The highest BCUT2D eigenvalue weighted by Gasteiger charge is 2.36. The Kier molecular flexibility index (Phi) is 7.71. The molecule has 2 N–H and O–H groups in total. The number of nitrogens with one attached hydrogen (secondary N) is 1. The summed E-state index contributed by atoms with van der Waals surface area (Å²) in [6.45, 7) is 2.69. The normalized spacial score (nSPS) is 21.1. The van der Waals surface area contributed by atoms with Crippen molar-refractivity contribution >= 4 is 45.0 Å². The summed E-state index contributed by atoms with van der Waals surface area (Å²) < 4.78 is 25.4. The maximum Gasteiger partial charge on any atom is 0.338 e. The maximum absolute atomic E-state index is 14.5. The van der Waals surface area contributed by atoms with Gasteiger partial charge in [0.25, 0.3) is 0 Å². The number of hydrogen-bond donors (Lipinski definition) is 2. The van der Waals surface area contributed by atoms with Crippen LogP contribution in [-0.4, -0.2) is 71.7 Å². The number of carboxylic acid groups (broad SMARTS) is 1. The Labute approximate surface area is 207 Å². The van der Waals surface area contributed by atoms with Crippen LogP contribution in [0.3, 0.4) is 0 Å². The number of aromatic nitrogens is 1. The van der Waals surface area contributed by atoms with Crippen LogP contribution >= 0.6 is 27.3 Å². The van der Waals surface area contributed by atoms with Crippen LogP contribution in [0.15, 0.2) is 50.5 Å². The van der Waals surface area contributed by atoms with Gasteiger partial charge in [-0.1, -0.05) is 6.07 Å². The first-order chi connectivity index (χ1) is 16.4. The van der Waals surface area contributed by atoms with Gasteiger partial charge in [0.05, 0.1) is 29.9 Å². The van der Waals surface area contributed by atoms with Crippen LogP contribution in [0.4, 0.5) is 4.39 Å². The second-order valence-electron chi connectivity index (χ2n) is 7.53. The Morgan fingerprint density at radius 2 is 2.26 bits per heavy atom. The zero-order chi connectivity index (χ0) is 24.2. The number of aliphatic imine (C=N–C) groups is 1. The molecule has 3 heterocycles. The van der Waals surface area contributed by atoms with Gasteiger partial charge in [0.1, 0.15) is 17.9 Å². The summed E-state index contributed by atoms with van der Waals surface area (Å²) >= 11 is 4.51. The van der Waals surface area contributed by atoms with Gasteiger partial charge in [-0.25, -0.2) is 14.2 Å². The summed E-state index contributed by atoms with van der Waals surface area (Å²) in [5.41, 5.74) is 1.08. The number of carboxylic acids is 1. The van der Waals surface area contributed by atoms with Crippen molar-refractivity contribution in [1.29, 1.82) is 0 Å². The van der Waals surface area contributed by atoms with Crippen molar-refractivity contribution in [3.05, 3.63) is 61.9 Å². The van der Waals surface area contributed by atoms with Crippen LogP contribution in [-0.2, 0) is 19.1 Å². The molecule has 0 aliphatic carbocycles. The fourth-order valence-corrected chi connectivity index (χ4v) is 4.63. The predicted molar refractivity (Wildman–Crippen MR) is 126 cm³/mol. The van der Waals surface area contributed by atoms with Crippen molar-refractivity contribution in [2.24, 2.45) is 4.99 Å². The molecule has 2 aromatic rings. The van der Waals surface area contributed by atoms with Crippen LogP contribution in [0, 0.1) is 5.82 Å². The molecule has 4 rings (SSSR count). The largest absolute Gasteiger partial charge is 0.480 e. The van der Waals surface area contributed by atoms with Gasteiger partial charge in [0, 0.05) is 30.4 Å². The first-order valence-corrected chi connectivity index (χ1v) is 12.2. The lowest BCUT2D eigenvalue weighted by Gasteiger charge is -2.35. The Balaban J connectivity index is 1.82. The molecule has 1 fully saturated rings. The molecular weight excluding hydrogens is 531 g/mol. The molecule has 0 radical (unpaired) electrons. The molecule has 1 saturated heterocycles. The smallest absolute Gasteiger partial charge is 0.338 e. The number of benzene rings is 1. The number of esters is 1. The van der Waals surface area contributed by atoms with Gasteiger partial charge in [0.2, 0.25) is 0 Å². The van der Waals surface area contributed by atoms with Crippen LogP contribution in [0.1, 0.15) is 23.5 Å². The monoisotopic (exact) mass is 552 g/mol. The molecule has 9 nitrogen and oxygen atoms in total. The number of thiazole rings is 1. The minimum atomic E-state index is -1.02. The third-order valence-corrected chi connectivity index (χ3v) is 6.82. The fraction of sp³-hybridized carbons (Fsp3) is 0.364. The average Bonchev–Trinajstić information content (AvgIpc) is 3.36. The summed E-state index contributed by atoms with van der Waals surface area (Å²) in [7, 11) is 0. The molecular formula is C22H22BrFN4O5S. The standard InChI is InChI=1S/C22H22BrFN4O5S/c1-2-33-22(31)17-15(10-28-6-7-32-11-16(28)21(29)30)26-19(20-25-5-8-34-20)27-18(17)12-3-4-13(23)14(24)9-12/h3-5,8-9,16,18H,2,6-7,10-11H2,1H3,(H,26,27)(H,29,30)/t16-,18-/m0/s1. The van der Waals surface area contributed by atoms with Crippen molar-refractivity contribution in [2.75, 3.05) is 32.9 Å². The van der Waals surface area contributed by atoms with Crippen molar-refractivity contribution in [3.63, 3.8) is 0 Å². The molecule has 0 unspecified atom stereocenters. The van der Waals surface area contributed by atoms with E-state index in [1.165, 1.54) is 17.4 Å². The minimum absolute atomic E-state index is 0.0339. The van der Waals surface area contributed by atoms with Gasteiger partial charge < -0.3 is 19.9 Å². The number of aliphatic carboxylic acids is 1. The average molecular weight is 553 g/mol. The summed E-state index contributed by atoms with van der Waals surface area (Å²) in [6.07, 6.45) is 1.63. The molecule has 1 aromatic carbocycles. The molecule has 0 spiro atoms. The van der Waals surface area contributed by atoms with E-state index in [0.717, 1.165) is 0 Å². The Morgan fingerprint density at radius 1 is 1.44 bits per heavy atom. The number of ether oxygens (including phenoxy) is 2. The van der Waals surface area contributed by atoms with Crippen molar-refractivity contribution in [3.8, 4) is 0 Å². The lowest BCUT2D eigenvalue weighted by Crippen LogP contribution is -2.52. The van der Waals surface area contributed by atoms with Gasteiger partial charge in [-0.3, -0.25) is 14.7 Å². The Morgan fingerprint density at radius 3 is 2.94 bits per heavy atom. The lowest BCUT2D eigenvalue weighted by molar-refractivity contribution is -0.149. The predicted octanol–water partition coefficient (Wildman–Crippen LogP) is 2.74. The summed E-state index contributed by atoms with van der Waals surface area (Å²) in [5, 5.41) is 15.2. The third kappa shape index (κ3) is 5.19. The molecule has 2 aliphatic heterocycles. The SMILES string of the molecule is CCOC(=O)C1=C(CN2CCOC[C@H]2C(=O)O)NC(c2nccs2)=N[C@H]1c1ccc(Br)c(F)c1. The maximum atomic E-state index is 14.5. The fourth-order valence-electron chi connectivity index (χ4n) is 3.80. The van der Waals surface area contributed by atoms with Gasteiger partial charge >= 0.3 is 11.9 Å². The number of amidine groups is 1. The van der Waals surface area contributed by atoms with Gasteiger partial charge in [-0.15, -0.1) is 11.3 Å². The minimum Gasteiger partial charge on any atom is -0.480 e. The van der Waals surface area contributed by atoms with Crippen LogP contribution in [0.5, 0.6) is 0 Å².